The molecule has 1 aromatic heterocycles. The van der Waals surface area contributed by atoms with E-state index in [1.54, 1.807) is 18.4 Å². The average molecular weight is 287 g/mol. The molecule has 0 radical (unpaired) electrons. The van der Waals surface area contributed by atoms with Crippen LogP contribution in [0.25, 0.3) is 0 Å². The maximum atomic E-state index is 9.99. The van der Waals surface area contributed by atoms with E-state index >= 15 is 0 Å². The molecule has 19 heavy (non-hydrogen) atoms. The van der Waals surface area contributed by atoms with E-state index in [9.17, 15) is 5.11 Å². The first-order chi connectivity index (χ1) is 9.13. The van der Waals surface area contributed by atoms with E-state index in [1.165, 1.54) is 4.88 Å². The molecule has 1 N–H and O–H groups in total. The summed E-state index contributed by atoms with van der Waals surface area (Å²) < 4.78 is 10.3. The van der Waals surface area contributed by atoms with Gasteiger partial charge in [0.25, 0.3) is 0 Å². The third-order valence-electron chi connectivity index (χ3n) is 2.86. The molecule has 0 bridgehead atoms. The van der Waals surface area contributed by atoms with Gasteiger partial charge in [-0.2, -0.15) is 0 Å². The Hall–Kier alpha value is -0.460. The molecule has 1 heterocycles. The van der Waals surface area contributed by atoms with Crippen molar-refractivity contribution in [2.45, 2.75) is 32.5 Å². The molecule has 0 aromatic carbocycles. The molecule has 110 valence electrons. The zero-order valence-electron chi connectivity index (χ0n) is 12.0. The number of methoxy groups -OCH3 is 1. The first kappa shape index (κ1) is 16.6. The summed E-state index contributed by atoms with van der Waals surface area (Å²) in [5, 5.41) is 12.1. The van der Waals surface area contributed by atoms with Crippen molar-refractivity contribution in [1.82, 2.24) is 4.90 Å². The maximum Gasteiger partial charge on any atom is 0.0900 e. The van der Waals surface area contributed by atoms with Gasteiger partial charge in [0.05, 0.1) is 25.9 Å². The molecule has 0 saturated carbocycles. The second-order valence-electron chi connectivity index (χ2n) is 4.82. The molecule has 1 atom stereocenters. The molecule has 0 fully saturated rings. The van der Waals surface area contributed by atoms with Crippen LogP contribution in [0.15, 0.2) is 17.5 Å². The average Bonchev–Trinajstić information content (AvgIpc) is 2.86. The van der Waals surface area contributed by atoms with Crippen LogP contribution in [0.3, 0.4) is 0 Å². The summed E-state index contributed by atoms with van der Waals surface area (Å²) in [7, 11) is 1.64. The summed E-state index contributed by atoms with van der Waals surface area (Å²) in [5.41, 5.74) is 0. The van der Waals surface area contributed by atoms with Gasteiger partial charge in [0.2, 0.25) is 0 Å². The quantitative estimate of drug-likeness (QED) is 0.668. The van der Waals surface area contributed by atoms with Gasteiger partial charge in [-0.15, -0.1) is 11.3 Å². The fourth-order valence-electron chi connectivity index (χ4n) is 1.75. The van der Waals surface area contributed by atoms with Gasteiger partial charge in [-0.3, -0.25) is 4.90 Å². The third-order valence-corrected chi connectivity index (χ3v) is 3.72. The smallest absolute Gasteiger partial charge is 0.0900 e. The molecule has 0 aliphatic rings. The van der Waals surface area contributed by atoms with Gasteiger partial charge in [0.1, 0.15) is 0 Å². The Morgan fingerprint density at radius 2 is 2.16 bits per heavy atom. The highest BCUT2D eigenvalue weighted by Crippen LogP contribution is 2.14. The number of nitrogens with zero attached hydrogens (tertiary/aromatic N) is 1. The summed E-state index contributed by atoms with van der Waals surface area (Å²) >= 11 is 1.75. The van der Waals surface area contributed by atoms with Crippen molar-refractivity contribution in [3.63, 3.8) is 0 Å². The fourth-order valence-corrected chi connectivity index (χ4v) is 2.48. The van der Waals surface area contributed by atoms with Crippen molar-refractivity contribution in [2.24, 2.45) is 0 Å². The third kappa shape index (κ3) is 7.03. The van der Waals surface area contributed by atoms with Crippen molar-refractivity contribution in [3.8, 4) is 0 Å². The van der Waals surface area contributed by atoms with Crippen LogP contribution in [0, 0.1) is 0 Å². The number of hydrogen-bond donors (Lipinski definition) is 1. The standard InChI is InChI=1S/C14H25NO3S/c1-12(2)15(10-14-5-4-8-19-14)9-13(16)11-18-7-6-17-3/h4-5,8,12-13,16H,6-7,9-11H2,1-3H3. The molecule has 0 aliphatic carbocycles. The number of rotatable bonds is 10. The van der Waals surface area contributed by atoms with Crippen LogP contribution in [0.1, 0.15) is 18.7 Å². The fraction of sp³-hybridized carbons (Fsp3) is 0.714. The lowest BCUT2D eigenvalue weighted by Crippen LogP contribution is -2.38. The molecule has 1 rings (SSSR count). The number of aliphatic hydroxyl groups excluding tert-OH is 1. The number of aliphatic hydroxyl groups is 1. The largest absolute Gasteiger partial charge is 0.389 e. The lowest BCUT2D eigenvalue weighted by atomic mass is 10.2. The Bertz CT molecular complexity index is 317. The summed E-state index contributed by atoms with van der Waals surface area (Å²) in [6.07, 6.45) is -0.459. The van der Waals surface area contributed by atoms with E-state index in [0.717, 1.165) is 6.54 Å². The molecule has 0 spiro atoms. The number of thiophene rings is 1. The van der Waals surface area contributed by atoms with Crippen molar-refractivity contribution in [2.75, 3.05) is 33.5 Å². The highest BCUT2D eigenvalue weighted by atomic mass is 32.1. The first-order valence-corrected chi connectivity index (χ1v) is 7.52. The predicted molar refractivity (Wildman–Crippen MR) is 78.6 cm³/mol. The maximum absolute atomic E-state index is 9.99. The second kappa shape index (κ2) is 9.44. The topological polar surface area (TPSA) is 41.9 Å². The van der Waals surface area contributed by atoms with Gasteiger partial charge in [-0.05, 0) is 25.3 Å². The first-order valence-electron chi connectivity index (χ1n) is 6.64. The van der Waals surface area contributed by atoms with E-state index in [-0.39, 0.29) is 0 Å². The molecule has 1 unspecified atom stereocenters. The predicted octanol–water partition coefficient (Wildman–Crippen LogP) is 1.98. The van der Waals surface area contributed by atoms with Gasteiger partial charge in [-0.25, -0.2) is 0 Å². The molecule has 1 aromatic rings. The molecule has 0 amide bonds. The van der Waals surface area contributed by atoms with Crippen LogP contribution in [0.5, 0.6) is 0 Å². The Kier molecular flexibility index (Phi) is 8.25. The van der Waals surface area contributed by atoms with Gasteiger partial charge < -0.3 is 14.6 Å². The Morgan fingerprint density at radius 1 is 1.37 bits per heavy atom. The summed E-state index contributed by atoms with van der Waals surface area (Å²) in [5.74, 6) is 0. The molecular formula is C14H25NO3S. The zero-order chi connectivity index (χ0) is 14.1. The van der Waals surface area contributed by atoms with Crippen LogP contribution in [0.4, 0.5) is 0 Å². The summed E-state index contributed by atoms with van der Waals surface area (Å²) in [6.45, 7) is 7.25. The van der Waals surface area contributed by atoms with Crippen molar-refractivity contribution < 1.29 is 14.6 Å². The lowest BCUT2D eigenvalue weighted by molar-refractivity contribution is -0.00563. The molecule has 5 heteroatoms. The van der Waals surface area contributed by atoms with Gasteiger partial charge in [0.15, 0.2) is 0 Å². The van der Waals surface area contributed by atoms with Crippen LogP contribution < -0.4 is 0 Å². The number of hydrogen-bond acceptors (Lipinski definition) is 5. The lowest BCUT2D eigenvalue weighted by Gasteiger charge is -2.28. The molecule has 4 nitrogen and oxygen atoms in total. The van der Waals surface area contributed by atoms with E-state index in [1.807, 2.05) is 0 Å². The van der Waals surface area contributed by atoms with E-state index in [4.69, 9.17) is 9.47 Å². The van der Waals surface area contributed by atoms with Crippen LogP contribution in [-0.2, 0) is 16.0 Å². The van der Waals surface area contributed by atoms with Crippen molar-refractivity contribution in [1.29, 1.82) is 0 Å². The minimum atomic E-state index is -0.459. The molecule has 0 aliphatic heterocycles. The highest BCUT2D eigenvalue weighted by Gasteiger charge is 2.15. The normalized spacial score (nSPS) is 13.4. The monoisotopic (exact) mass is 287 g/mol. The molecule has 0 saturated heterocycles. The van der Waals surface area contributed by atoms with Crippen LogP contribution in [0.2, 0.25) is 0 Å². The molecular weight excluding hydrogens is 262 g/mol. The SMILES string of the molecule is COCCOCC(O)CN(Cc1cccs1)C(C)C. The Balaban J connectivity index is 2.32. The van der Waals surface area contributed by atoms with Crippen molar-refractivity contribution in [3.05, 3.63) is 22.4 Å². The van der Waals surface area contributed by atoms with Gasteiger partial charge in [-0.1, -0.05) is 6.07 Å². The number of ether oxygens (including phenoxy) is 2. The van der Waals surface area contributed by atoms with E-state index in [2.05, 4.69) is 36.3 Å². The Morgan fingerprint density at radius 3 is 2.74 bits per heavy atom. The van der Waals surface area contributed by atoms with Crippen molar-refractivity contribution >= 4 is 11.3 Å². The van der Waals surface area contributed by atoms with Crippen LogP contribution in [-0.4, -0.2) is 55.6 Å². The minimum Gasteiger partial charge on any atom is -0.389 e. The second-order valence-corrected chi connectivity index (χ2v) is 5.86. The van der Waals surface area contributed by atoms with Crippen LogP contribution >= 0.6 is 11.3 Å². The van der Waals surface area contributed by atoms with E-state index < -0.39 is 6.10 Å². The van der Waals surface area contributed by atoms with Gasteiger partial charge >= 0.3 is 0 Å². The summed E-state index contributed by atoms with van der Waals surface area (Å²) in [6, 6.07) is 4.58. The summed E-state index contributed by atoms with van der Waals surface area (Å²) in [4.78, 5) is 3.58. The highest BCUT2D eigenvalue weighted by molar-refractivity contribution is 7.09. The van der Waals surface area contributed by atoms with E-state index in [0.29, 0.717) is 32.4 Å². The Labute approximate surface area is 120 Å². The minimum absolute atomic E-state index is 0.358. The van der Waals surface area contributed by atoms with Gasteiger partial charge in [0, 0.05) is 31.1 Å². The zero-order valence-corrected chi connectivity index (χ0v) is 12.9.